The fourth-order valence-electron chi connectivity index (χ4n) is 2.68. The van der Waals surface area contributed by atoms with E-state index in [-0.39, 0.29) is 6.61 Å². The minimum Gasteiger partial charge on any atom is -0.395 e. The number of nitrogens with one attached hydrogen (secondary N) is 1. The van der Waals surface area contributed by atoms with Gasteiger partial charge in [-0.25, -0.2) is 4.98 Å². The molecule has 3 rings (SSSR count). The van der Waals surface area contributed by atoms with Crippen LogP contribution in [0.4, 0.5) is 11.8 Å². The predicted octanol–water partition coefficient (Wildman–Crippen LogP) is 2.51. The van der Waals surface area contributed by atoms with Crippen molar-refractivity contribution in [3.8, 4) is 0 Å². The summed E-state index contributed by atoms with van der Waals surface area (Å²) in [4.78, 5) is 11.2. The molecule has 0 radical (unpaired) electrons. The van der Waals surface area contributed by atoms with E-state index in [0.29, 0.717) is 12.5 Å². The zero-order valence-electron chi connectivity index (χ0n) is 12.5. The molecule has 0 fully saturated rings. The predicted molar refractivity (Wildman–Crippen MR) is 91.2 cm³/mol. The van der Waals surface area contributed by atoms with Gasteiger partial charge in [0.15, 0.2) is 0 Å². The van der Waals surface area contributed by atoms with Crippen molar-refractivity contribution in [1.82, 2.24) is 9.97 Å². The lowest BCUT2D eigenvalue weighted by Gasteiger charge is -2.30. The summed E-state index contributed by atoms with van der Waals surface area (Å²) < 4.78 is 1.11. The van der Waals surface area contributed by atoms with Gasteiger partial charge >= 0.3 is 0 Å². The zero-order valence-corrected chi connectivity index (χ0v) is 14.1. The van der Waals surface area contributed by atoms with Crippen molar-refractivity contribution < 1.29 is 5.11 Å². The smallest absolute Gasteiger partial charge is 0.224 e. The average Bonchev–Trinajstić information content (AvgIpc) is 2.51. The van der Waals surface area contributed by atoms with Crippen LogP contribution in [-0.2, 0) is 13.0 Å². The summed E-state index contributed by atoms with van der Waals surface area (Å²) >= 11 is 3.54. The van der Waals surface area contributed by atoms with Gasteiger partial charge in [-0.05, 0) is 36.6 Å². The molecule has 0 unspecified atom stereocenters. The molecular formula is C16H19BrN4O. The highest BCUT2D eigenvalue weighted by atomic mass is 79.9. The first-order chi connectivity index (χ1) is 10.7. The van der Waals surface area contributed by atoms with Gasteiger partial charge in [0.1, 0.15) is 5.82 Å². The van der Waals surface area contributed by atoms with Crippen molar-refractivity contribution in [2.45, 2.75) is 19.9 Å². The number of halogens is 1. The first-order valence-corrected chi connectivity index (χ1v) is 8.17. The number of fused-ring (bicyclic) bond motifs is 1. The topological polar surface area (TPSA) is 61.3 Å². The van der Waals surface area contributed by atoms with Gasteiger partial charge in [0.05, 0.1) is 6.61 Å². The van der Waals surface area contributed by atoms with Crippen molar-refractivity contribution in [3.05, 3.63) is 45.6 Å². The molecule has 1 aromatic carbocycles. The normalized spacial score (nSPS) is 13.9. The Morgan fingerprint density at radius 2 is 2.14 bits per heavy atom. The van der Waals surface area contributed by atoms with Crippen molar-refractivity contribution >= 4 is 27.7 Å². The SMILES string of the molecule is Cc1cc(N2CCc3ccc(Br)cc3C2)nc(NCCO)n1. The van der Waals surface area contributed by atoms with Crippen molar-refractivity contribution in [2.75, 3.05) is 29.9 Å². The summed E-state index contributed by atoms with van der Waals surface area (Å²) in [5, 5.41) is 12.0. The molecule has 1 aliphatic rings. The highest BCUT2D eigenvalue weighted by molar-refractivity contribution is 9.10. The van der Waals surface area contributed by atoms with E-state index in [1.54, 1.807) is 0 Å². The molecule has 0 atom stereocenters. The molecule has 1 aliphatic heterocycles. The summed E-state index contributed by atoms with van der Waals surface area (Å²) in [6, 6.07) is 8.48. The largest absolute Gasteiger partial charge is 0.395 e. The van der Waals surface area contributed by atoms with Gasteiger partial charge in [-0.1, -0.05) is 22.0 Å². The first-order valence-electron chi connectivity index (χ1n) is 7.38. The Kier molecular flexibility index (Phi) is 4.59. The van der Waals surface area contributed by atoms with Crippen LogP contribution in [0.1, 0.15) is 16.8 Å². The van der Waals surface area contributed by atoms with Gasteiger partial charge < -0.3 is 15.3 Å². The molecule has 0 amide bonds. The van der Waals surface area contributed by atoms with E-state index in [1.807, 2.05) is 13.0 Å². The van der Waals surface area contributed by atoms with E-state index < -0.39 is 0 Å². The molecule has 0 saturated carbocycles. The molecular weight excluding hydrogens is 344 g/mol. The maximum absolute atomic E-state index is 8.92. The fourth-order valence-corrected chi connectivity index (χ4v) is 3.09. The first kappa shape index (κ1) is 15.2. The third kappa shape index (κ3) is 3.39. The molecule has 2 aromatic rings. The van der Waals surface area contributed by atoms with Crippen LogP contribution in [0, 0.1) is 6.92 Å². The maximum Gasteiger partial charge on any atom is 0.224 e. The Morgan fingerprint density at radius 3 is 2.95 bits per heavy atom. The number of aliphatic hydroxyl groups is 1. The number of hydrogen-bond donors (Lipinski definition) is 2. The molecule has 5 nitrogen and oxygen atoms in total. The number of rotatable bonds is 4. The lowest BCUT2D eigenvalue weighted by Crippen LogP contribution is -2.31. The molecule has 1 aromatic heterocycles. The molecule has 2 heterocycles. The quantitative estimate of drug-likeness (QED) is 0.874. The van der Waals surface area contributed by atoms with Crippen LogP contribution in [0.25, 0.3) is 0 Å². The molecule has 2 N–H and O–H groups in total. The monoisotopic (exact) mass is 362 g/mol. The third-order valence-electron chi connectivity index (χ3n) is 3.74. The number of aryl methyl sites for hydroxylation is 1. The van der Waals surface area contributed by atoms with E-state index in [1.165, 1.54) is 11.1 Å². The standard InChI is InChI=1S/C16H19BrN4O/c1-11-8-15(20-16(19-11)18-5-7-22)21-6-4-12-2-3-14(17)9-13(12)10-21/h2-3,8-9,22H,4-7,10H2,1H3,(H,18,19,20). The van der Waals surface area contributed by atoms with E-state index in [9.17, 15) is 0 Å². The van der Waals surface area contributed by atoms with E-state index >= 15 is 0 Å². The van der Waals surface area contributed by atoms with E-state index in [4.69, 9.17) is 5.11 Å². The van der Waals surface area contributed by atoms with Gasteiger partial charge in [0.25, 0.3) is 0 Å². The summed E-state index contributed by atoms with van der Waals surface area (Å²) in [6.07, 6.45) is 1.02. The van der Waals surface area contributed by atoms with E-state index in [0.717, 1.165) is 35.5 Å². The van der Waals surface area contributed by atoms with Crippen LogP contribution in [0.2, 0.25) is 0 Å². The Bertz CT molecular complexity index is 677. The second-order valence-corrected chi connectivity index (χ2v) is 6.34. The van der Waals surface area contributed by atoms with Crippen LogP contribution in [0.15, 0.2) is 28.7 Å². The summed E-state index contributed by atoms with van der Waals surface area (Å²) in [6.45, 7) is 4.29. The molecule has 116 valence electrons. The van der Waals surface area contributed by atoms with Gasteiger partial charge in [-0.3, -0.25) is 0 Å². The van der Waals surface area contributed by atoms with Crippen molar-refractivity contribution in [1.29, 1.82) is 0 Å². The second kappa shape index (κ2) is 6.62. The number of aromatic nitrogens is 2. The Labute approximate surface area is 138 Å². The third-order valence-corrected chi connectivity index (χ3v) is 4.23. The van der Waals surface area contributed by atoms with Gasteiger partial charge in [0.2, 0.25) is 5.95 Å². The van der Waals surface area contributed by atoms with Gasteiger partial charge in [-0.15, -0.1) is 0 Å². The summed E-state index contributed by atoms with van der Waals surface area (Å²) in [5.41, 5.74) is 3.66. The minimum absolute atomic E-state index is 0.0672. The summed E-state index contributed by atoms with van der Waals surface area (Å²) in [7, 11) is 0. The van der Waals surface area contributed by atoms with Gasteiger partial charge in [0, 0.05) is 35.9 Å². The van der Waals surface area contributed by atoms with Crippen LogP contribution in [-0.4, -0.2) is 34.8 Å². The fraction of sp³-hybridized carbons (Fsp3) is 0.375. The maximum atomic E-state index is 8.92. The molecule has 0 bridgehead atoms. The lowest BCUT2D eigenvalue weighted by molar-refractivity contribution is 0.311. The molecule has 0 saturated heterocycles. The van der Waals surface area contributed by atoms with Crippen molar-refractivity contribution in [2.24, 2.45) is 0 Å². The Morgan fingerprint density at radius 1 is 1.27 bits per heavy atom. The highest BCUT2D eigenvalue weighted by Crippen LogP contribution is 2.26. The van der Waals surface area contributed by atoms with Crippen LogP contribution in [0.3, 0.4) is 0 Å². The van der Waals surface area contributed by atoms with Gasteiger partial charge in [-0.2, -0.15) is 4.98 Å². The Hall–Kier alpha value is -1.66. The molecule has 0 spiro atoms. The number of nitrogens with zero attached hydrogens (tertiary/aromatic N) is 3. The molecule has 0 aliphatic carbocycles. The van der Waals surface area contributed by atoms with Crippen molar-refractivity contribution in [3.63, 3.8) is 0 Å². The number of anilines is 2. The second-order valence-electron chi connectivity index (χ2n) is 5.43. The number of benzene rings is 1. The molecule has 6 heteroatoms. The Balaban J connectivity index is 1.84. The minimum atomic E-state index is 0.0672. The van der Waals surface area contributed by atoms with E-state index in [2.05, 4.69) is 54.3 Å². The highest BCUT2D eigenvalue weighted by Gasteiger charge is 2.18. The average molecular weight is 363 g/mol. The lowest BCUT2D eigenvalue weighted by atomic mass is 10.00. The molecule has 22 heavy (non-hydrogen) atoms. The van der Waals surface area contributed by atoms with Crippen LogP contribution >= 0.6 is 15.9 Å². The number of hydrogen-bond acceptors (Lipinski definition) is 5. The number of aliphatic hydroxyl groups excluding tert-OH is 1. The zero-order chi connectivity index (χ0) is 15.5. The van der Waals surface area contributed by atoms with Crippen LogP contribution < -0.4 is 10.2 Å². The van der Waals surface area contributed by atoms with Crippen LogP contribution in [0.5, 0.6) is 0 Å². The summed E-state index contributed by atoms with van der Waals surface area (Å²) in [5.74, 6) is 1.50.